The Morgan fingerprint density at radius 1 is 1.29 bits per heavy atom. The Morgan fingerprint density at radius 3 is 2.48 bits per heavy atom. The highest BCUT2D eigenvalue weighted by molar-refractivity contribution is 5.78. The van der Waals surface area contributed by atoms with E-state index in [1.807, 2.05) is 27.7 Å². The number of carbonyl (C=O) groups is 2. The van der Waals surface area contributed by atoms with E-state index in [1.54, 1.807) is 4.90 Å². The second-order valence-electron chi connectivity index (χ2n) is 7.38. The zero-order valence-electron chi connectivity index (χ0n) is 13.5. The topological polar surface area (TPSA) is 66.8 Å². The van der Waals surface area contributed by atoms with E-state index < -0.39 is 17.0 Å². The fraction of sp³-hybridized carbons (Fsp3) is 0.875. The molecule has 0 radical (unpaired) electrons. The molecule has 21 heavy (non-hydrogen) atoms. The normalized spacial score (nSPS) is 32.1. The number of piperidine rings is 1. The molecule has 0 aromatic carbocycles. The quantitative estimate of drug-likeness (QED) is 0.866. The van der Waals surface area contributed by atoms with Crippen LogP contribution in [0, 0.1) is 5.41 Å². The van der Waals surface area contributed by atoms with Crippen LogP contribution < -0.4 is 0 Å². The number of ether oxygens (including phenoxy) is 1. The molecule has 2 heterocycles. The van der Waals surface area contributed by atoms with E-state index in [4.69, 9.17) is 4.74 Å². The third kappa shape index (κ3) is 2.87. The van der Waals surface area contributed by atoms with Crippen LogP contribution in [-0.2, 0) is 9.53 Å². The molecule has 2 saturated heterocycles. The first kappa shape index (κ1) is 16.1. The number of amides is 1. The Labute approximate surface area is 126 Å². The summed E-state index contributed by atoms with van der Waals surface area (Å²) < 4.78 is 5.50. The van der Waals surface area contributed by atoms with Crippen molar-refractivity contribution in [1.29, 1.82) is 0 Å². The maximum atomic E-state index is 12.5. The van der Waals surface area contributed by atoms with Gasteiger partial charge in [-0.15, -0.1) is 0 Å². The summed E-state index contributed by atoms with van der Waals surface area (Å²) in [6.45, 7) is 7.53. The number of fused-ring (bicyclic) bond motifs is 2. The number of carboxylic acid groups (broad SMARTS) is 1. The Hall–Kier alpha value is -1.26. The minimum Gasteiger partial charge on any atom is -0.481 e. The highest BCUT2D eigenvalue weighted by Gasteiger charge is 2.57. The lowest BCUT2D eigenvalue weighted by molar-refractivity contribution is -0.157. The lowest BCUT2D eigenvalue weighted by atomic mass is 9.71. The monoisotopic (exact) mass is 297 g/mol. The number of rotatable bonds is 3. The first-order chi connectivity index (χ1) is 9.71. The van der Waals surface area contributed by atoms with Crippen LogP contribution in [0.25, 0.3) is 0 Å². The Bertz CT molecular complexity index is 428. The second-order valence-corrected chi connectivity index (χ2v) is 7.38. The van der Waals surface area contributed by atoms with Gasteiger partial charge in [0.15, 0.2) is 0 Å². The van der Waals surface area contributed by atoms with Crippen molar-refractivity contribution in [2.24, 2.45) is 5.41 Å². The van der Waals surface area contributed by atoms with Crippen LogP contribution >= 0.6 is 0 Å². The van der Waals surface area contributed by atoms with Crippen LogP contribution in [0.3, 0.4) is 0 Å². The summed E-state index contributed by atoms with van der Waals surface area (Å²) in [6.07, 6.45) is 4.19. The van der Waals surface area contributed by atoms with Gasteiger partial charge in [0, 0.05) is 6.04 Å². The van der Waals surface area contributed by atoms with Gasteiger partial charge in [0.2, 0.25) is 0 Å². The average Bonchev–Trinajstić information content (AvgIpc) is 2.68. The molecule has 0 spiro atoms. The summed E-state index contributed by atoms with van der Waals surface area (Å²) >= 11 is 0. The van der Waals surface area contributed by atoms with Crippen LogP contribution in [-0.4, -0.2) is 39.8 Å². The van der Waals surface area contributed by atoms with Gasteiger partial charge < -0.3 is 14.7 Å². The summed E-state index contributed by atoms with van der Waals surface area (Å²) in [5.74, 6) is -0.761. The predicted molar refractivity (Wildman–Crippen MR) is 79.1 cm³/mol. The fourth-order valence-electron chi connectivity index (χ4n) is 3.98. The summed E-state index contributed by atoms with van der Waals surface area (Å²) in [7, 11) is 0. The lowest BCUT2D eigenvalue weighted by Gasteiger charge is -2.46. The molecule has 2 bridgehead atoms. The molecule has 3 atom stereocenters. The van der Waals surface area contributed by atoms with Crippen molar-refractivity contribution in [3.63, 3.8) is 0 Å². The van der Waals surface area contributed by atoms with Crippen molar-refractivity contribution in [1.82, 2.24) is 4.90 Å². The highest BCUT2D eigenvalue weighted by Crippen LogP contribution is 2.49. The highest BCUT2D eigenvalue weighted by atomic mass is 16.6. The summed E-state index contributed by atoms with van der Waals surface area (Å²) in [6, 6.07) is -0.0715. The van der Waals surface area contributed by atoms with Gasteiger partial charge in [0.1, 0.15) is 5.60 Å². The SMILES string of the molecule is CCCC1(C(=O)O)CCC2CCC1N2C(=O)OC(C)(C)C. The van der Waals surface area contributed by atoms with Gasteiger partial charge in [0.25, 0.3) is 0 Å². The van der Waals surface area contributed by atoms with Gasteiger partial charge in [-0.25, -0.2) is 4.79 Å². The zero-order chi connectivity index (χ0) is 15.8. The molecular weight excluding hydrogens is 270 g/mol. The van der Waals surface area contributed by atoms with Crippen molar-refractivity contribution in [2.75, 3.05) is 0 Å². The largest absolute Gasteiger partial charge is 0.481 e. The smallest absolute Gasteiger partial charge is 0.410 e. The number of aliphatic carboxylic acids is 1. The van der Waals surface area contributed by atoms with Crippen molar-refractivity contribution in [2.45, 2.75) is 83.9 Å². The van der Waals surface area contributed by atoms with Crippen LogP contribution in [0.1, 0.15) is 66.2 Å². The van der Waals surface area contributed by atoms with Crippen molar-refractivity contribution >= 4 is 12.1 Å². The van der Waals surface area contributed by atoms with E-state index in [0.29, 0.717) is 12.8 Å². The third-order valence-corrected chi connectivity index (χ3v) is 4.79. The molecule has 2 fully saturated rings. The van der Waals surface area contributed by atoms with E-state index in [0.717, 1.165) is 25.7 Å². The average molecular weight is 297 g/mol. The van der Waals surface area contributed by atoms with Gasteiger partial charge in [-0.05, 0) is 52.9 Å². The molecule has 120 valence electrons. The van der Waals surface area contributed by atoms with Gasteiger partial charge in [0.05, 0.1) is 11.5 Å². The molecule has 5 nitrogen and oxygen atoms in total. The van der Waals surface area contributed by atoms with Crippen molar-refractivity contribution in [3.8, 4) is 0 Å². The first-order valence-electron chi connectivity index (χ1n) is 7.96. The molecule has 1 N–H and O–H groups in total. The summed E-state index contributed by atoms with van der Waals surface area (Å²) in [5, 5.41) is 9.79. The molecule has 0 aromatic rings. The number of hydrogen-bond donors (Lipinski definition) is 1. The number of nitrogens with zero attached hydrogens (tertiary/aromatic N) is 1. The molecular formula is C16H27NO4. The minimum absolute atomic E-state index is 0.147. The van der Waals surface area contributed by atoms with Crippen LogP contribution in [0.5, 0.6) is 0 Å². The molecule has 0 aliphatic carbocycles. The summed E-state index contributed by atoms with van der Waals surface area (Å²) in [4.78, 5) is 26.2. The predicted octanol–water partition coefficient (Wildman–Crippen LogP) is 3.42. The van der Waals surface area contributed by atoms with Gasteiger partial charge in [-0.2, -0.15) is 0 Å². The summed E-state index contributed by atoms with van der Waals surface area (Å²) in [5.41, 5.74) is -1.34. The van der Waals surface area contributed by atoms with E-state index in [9.17, 15) is 14.7 Å². The Balaban J connectivity index is 2.27. The zero-order valence-corrected chi connectivity index (χ0v) is 13.5. The molecule has 0 aromatic heterocycles. The van der Waals surface area contributed by atoms with Crippen LogP contribution in [0.15, 0.2) is 0 Å². The molecule has 5 heteroatoms. The van der Waals surface area contributed by atoms with Crippen LogP contribution in [0.4, 0.5) is 4.79 Å². The van der Waals surface area contributed by atoms with E-state index in [2.05, 4.69) is 0 Å². The maximum absolute atomic E-state index is 12.5. The molecule has 2 aliphatic rings. The van der Waals surface area contributed by atoms with Crippen LogP contribution in [0.2, 0.25) is 0 Å². The van der Waals surface area contributed by atoms with E-state index in [-0.39, 0.29) is 18.2 Å². The van der Waals surface area contributed by atoms with E-state index in [1.165, 1.54) is 0 Å². The second kappa shape index (κ2) is 5.50. The fourth-order valence-corrected chi connectivity index (χ4v) is 3.98. The van der Waals surface area contributed by atoms with Gasteiger partial charge >= 0.3 is 12.1 Å². The van der Waals surface area contributed by atoms with Gasteiger partial charge in [-0.3, -0.25) is 4.79 Å². The van der Waals surface area contributed by atoms with E-state index >= 15 is 0 Å². The molecule has 0 saturated carbocycles. The Kier molecular flexibility index (Phi) is 4.22. The van der Waals surface area contributed by atoms with Gasteiger partial charge in [-0.1, -0.05) is 13.3 Å². The van der Waals surface area contributed by atoms with Crippen molar-refractivity contribution in [3.05, 3.63) is 0 Å². The lowest BCUT2D eigenvalue weighted by Crippen LogP contribution is -2.57. The molecule has 2 aliphatic heterocycles. The maximum Gasteiger partial charge on any atom is 0.410 e. The number of hydrogen-bond acceptors (Lipinski definition) is 3. The minimum atomic E-state index is -0.793. The molecule has 1 amide bonds. The van der Waals surface area contributed by atoms with Crippen molar-refractivity contribution < 1.29 is 19.4 Å². The standard InChI is InChI=1S/C16H27NO4/c1-5-9-16(13(18)19)10-8-11-6-7-12(16)17(11)14(20)21-15(2,3)4/h11-12H,5-10H2,1-4H3,(H,18,19). The third-order valence-electron chi connectivity index (χ3n) is 4.79. The number of carbonyl (C=O) groups excluding carboxylic acids is 1. The Morgan fingerprint density at radius 2 is 1.95 bits per heavy atom. The molecule has 3 unspecified atom stereocenters. The number of carboxylic acids is 1. The first-order valence-corrected chi connectivity index (χ1v) is 7.96. The molecule has 2 rings (SSSR count).